The van der Waals surface area contributed by atoms with Gasteiger partial charge in [0, 0.05) is 13.1 Å². The van der Waals surface area contributed by atoms with Gasteiger partial charge in [0.15, 0.2) is 0 Å². The smallest absolute Gasteiger partial charge is 0.227 e. The van der Waals surface area contributed by atoms with E-state index in [0.29, 0.717) is 6.54 Å². The van der Waals surface area contributed by atoms with Gasteiger partial charge in [0.05, 0.1) is 5.41 Å². The summed E-state index contributed by atoms with van der Waals surface area (Å²) in [7, 11) is 0. The van der Waals surface area contributed by atoms with Crippen molar-refractivity contribution in [3.8, 4) is 0 Å². The Morgan fingerprint density at radius 2 is 2.17 bits per heavy atom. The van der Waals surface area contributed by atoms with Crippen molar-refractivity contribution >= 4 is 5.91 Å². The van der Waals surface area contributed by atoms with E-state index in [9.17, 15) is 4.79 Å². The van der Waals surface area contributed by atoms with Gasteiger partial charge in [-0.3, -0.25) is 4.79 Å². The van der Waals surface area contributed by atoms with E-state index in [-0.39, 0.29) is 11.3 Å². The van der Waals surface area contributed by atoms with Crippen LogP contribution < -0.4 is 10.6 Å². The second kappa shape index (κ2) is 6.01. The van der Waals surface area contributed by atoms with Gasteiger partial charge >= 0.3 is 0 Å². The number of rotatable bonds is 4. The molecule has 0 saturated carbocycles. The summed E-state index contributed by atoms with van der Waals surface area (Å²) in [6.07, 6.45) is 2.87. The standard InChI is InChI=1S/C15H22N2O/c1-2-17-14(18)15(9-6-10-16-12-15)11-13-7-4-3-5-8-13/h3-5,7-8,16H,2,6,9-12H2,1H3,(H,17,18). The average molecular weight is 246 g/mol. The van der Waals surface area contributed by atoms with Crippen LogP contribution in [-0.4, -0.2) is 25.5 Å². The van der Waals surface area contributed by atoms with Crippen molar-refractivity contribution in [2.75, 3.05) is 19.6 Å². The molecule has 1 atom stereocenters. The van der Waals surface area contributed by atoms with Gasteiger partial charge in [0.2, 0.25) is 5.91 Å². The molecule has 0 spiro atoms. The van der Waals surface area contributed by atoms with Gasteiger partial charge < -0.3 is 10.6 Å². The van der Waals surface area contributed by atoms with Crippen LogP contribution in [0.4, 0.5) is 0 Å². The van der Waals surface area contributed by atoms with Gasteiger partial charge in [0.1, 0.15) is 0 Å². The fourth-order valence-electron chi connectivity index (χ4n) is 2.73. The highest BCUT2D eigenvalue weighted by atomic mass is 16.2. The summed E-state index contributed by atoms with van der Waals surface area (Å²) in [5.41, 5.74) is 0.975. The largest absolute Gasteiger partial charge is 0.356 e. The third kappa shape index (κ3) is 2.91. The summed E-state index contributed by atoms with van der Waals surface area (Å²) in [5, 5.41) is 6.37. The molecule has 1 aliphatic rings. The summed E-state index contributed by atoms with van der Waals surface area (Å²) < 4.78 is 0. The molecule has 3 nitrogen and oxygen atoms in total. The lowest BCUT2D eigenvalue weighted by Gasteiger charge is -2.36. The van der Waals surface area contributed by atoms with E-state index in [1.807, 2.05) is 25.1 Å². The minimum Gasteiger partial charge on any atom is -0.356 e. The van der Waals surface area contributed by atoms with Crippen molar-refractivity contribution in [2.45, 2.75) is 26.2 Å². The molecule has 0 aliphatic carbocycles. The van der Waals surface area contributed by atoms with Gasteiger partial charge in [-0.2, -0.15) is 0 Å². The first-order valence-corrected chi connectivity index (χ1v) is 6.80. The topological polar surface area (TPSA) is 41.1 Å². The molecule has 1 saturated heterocycles. The molecule has 0 aromatic heterocycles. The molecule has 1 unspecified atom stereocenters. The van der Waals surface area contributed by atoms with Crippen LogP contribution in [0.25, 0.3) is 0 Å². The fraction of sp³-hybridized carbons (Fsp3) is 0.533. The van der Waals surface area contributed by atoms with Gasteiger partial charge in [-0.15, -0.1) is 0 Å². The number of piperidine rings is 1. The third-order valence-corrected chi connectivity index (χ3v) is 3.68. The highest BCUT2D eigenvalue weighted by Crippen LogP contribution is 2.31. The van der Waals surface area contributed by atoms with E-state index in [1.165, 1.54) is 5.56 Å². The van der Waals surface area contributed by atoms with Crippen molar-refractivity contribution in [1.29, 1.82) is 0 Å². The molecular formula is C15H22N2O. The van der Waals surface area contributed by atoms with Crippen LogP contribution in [0.15, 0.2) is 30.3 Å². The molecule has 2 N–H and O–H groups in total. The van der Waals surface area contributed by atoms with Crippen molar-refractivity contribution < 1.29 is 4.79 Å². The monoisotopic (exact) mass is 246 g/mol. The molecule has 1 aromatic rings. The van der Waals surface area contributed by atoms with E-state index in [4.69, 9.17) is 0 Å². The molecular weight excluding hydrogens is 224 g/mol. The Balaban J connectivity index is 2.16. The maximum Gasteiger partial charge on any atom is 0.227 e. The van der Waals surface area contributed by atoms with Crippen LogP contribution in [0.2, 0.25) is 0 Å². The zero-order chi connectivity index (χ0) is 12.8. The van der Waals surface area contributed by atoms with E-state index in [1.54, 1.807) is 0 Å². The van der Waals surface area contributed by atoms with Gasteiger partial charge in [-0.25, -0.2) is 0 Å². The van der Waals surface area contributed by atoms with Gasteiger partial charge in [-0.1, -0.05) is 30.3 Å². The Bertz CT molecular complexity index is 383. The number of carbonyl (C=O) groups excluding carboxylic acids is 1. The Morgan fingerprint density at radius 1 is 1.39 bits per heavy atom. The molecule has 1 fully saturated rings. The number of amides is 1. The third-order valence-electron chi connectivity index (χ3n) is 3.68. The van der Waals surface area contributed by atoms with Crippen LogP contribution in [0, 0.1) is 5.41 Å². The predicted octanol–water partition coefficient (Wildman–Crippen LogP) is 1.74. The van der Waals surface area contributed by atoms with Crippen LogP contribution in [0.1, 0.15) is 25.3 Å². The van der Waals surface area contributed by atoms with Gasteiger partial charge in [0.25, 0.3) is 0 Å². The summed E-state index contributed by atoms with van der Waals surface area (Å²) in [5.74, 6) is 0.195. The number of benzene rings is 1. The molecule has 2 rings (SSSR count). The second-order valence-corrected chi connectivity index (χ2v) is 5.08. The zero-order valence-electron chi connectivity index (χ0n) is 11.0. The van der Waals surface area contributed by atoms with E-state index >= 15 is 0 Å². The summed E-state index contributed by atoms with van der Waals surface area (Å²) in [6.45, 7) is 4.49. The van der Waals surface area contributed by atoms with Crippen LogP contribution >= 0.6 is 0 Å². The first kappa shape index (κ1) is 13.1. The van der Waals surface area contributed by atoms with Crippen molar-refractivity contribution in [1.82, 2.24) is 10.6 Å². The van der Waals surface area contributed by atoms with Crippen LogP contribution in [0.3, 0.4) is 0 Å². The molecule has 1 aromatic carbocycles. The van der Waals surface area contributed by atoms with Crippen molar-refractivity contribution in [3.05, 3.63) is 35.9 Å². The molecule has 1 amide bonds. The average Bonchev–Trinajstić information content (AvgIpc) is 2.41. The number of carbonyl (C=O) groups is 1. The first-order chi connectivity index (χ1) is 8.77. The highest BCUT2D eigenvalue weighted by molar-refractivity contribution is 5.83. The number of hydrogen-bond acceptors (Lipinski definition) is 2. The lowest BCUT2D eigenvalue weighted by molar-refractivity contribution is -0.132. The molecule has 18 heavy (non-hydrogen) atoms. The maximum absolute atomic E-state index is 12.4. The van der Waals surface area contributed by atoms with Crippen LogP contribution in [-0.2, 0) is 11.2 Å². The van der Waals surface area contributed by atoms with E-state index < -0.39 is 0 Å². The minimum absolute atomic E-state index is 0.195. The lowest BCUT2D eigenvalue weighted by atomic mass is 9.75. The Kier molecular flexibility index (Phi) is 4.37. The normalized spacial score (nSPS) is 23.6. The SMILES string of the molecule is CCNC(=O)C1(Cc2ccccc2)CCCNC1. The Hall–Kier alpha value is -1.35. The summed E-state index contributed by atoms with van der Waals surface area (Å²) >= 11 is 0. The number of hydrogen-bond donors (Lipinski definition) is 2. The Morgan fingerprint density at radius 3 is 2.78 bits per heavy atom. The molecule has 0 radical (unpaired) electrons. The predicted molar refractivity (Wildman–Crippen MR) is 73.4 cm³/mol. The molecule has 1 heterocycles. The quantitative estimate of drug-likeness (QED) is 0.849. The minimum atomic E-state index is -0.268. The first-order valence-electron chi connectivity index (χ1n) is 6.80. The molecule has 1 aliphatic heterocycles. The zero-order valence-corrected chi connectivity index (χ0v) is 11.0. The van der Waals surface area contributed by atoms with Crippen molar-refractivity contribution in [2.24, 2.45) is 5.41 Å². The Labute approximate surface area is 109 Å². The highest BCUT2D eigenvalue weighted by Gasteiger charge is 2.39. The van der Waals surface area contributed by atoms with Gasteiger partial charge in [-0.05, 0) is 38.3 Å². The molecule has 98 valence electrons. The lowest BCUT2D eigenvalue weighted by Crippen LogP contribution is -2.51. The van der Waals surface area contributed by atoms with Crippen LogP contribution in [0.5, 0.6) is 0 Å². The van der Waals surface area contributed by atoms with E-state index in [2.05, 4.69) is 22.8 Å². The molecule has 3 heteroatoms. The molecule has 0 bridgehead atoms. The summed E-state index contributed by atoms with van der Waals surface area (Å²) in [4.78, 5) is 12.4. The number of nitrogens with one attached hydrogen (secondary N) is 2. The second-order valence-electron chi connectivity index (χ2n) is 5.08. The summed E-state index contributed by atoms with van der Waals surface area (Å²) in [6, 6.07) is 10.3. The van der Waals surface area contributed by atoms with Crippen molar-refractivity contribution in [3.63, 3.8) is 0 Å². The van der Waals surface area contributed by atoms with E-state index in [0.717, 1.165) is 32.4 Å². The fourth-order valence-corrected chi connectivity index (χ4v) is 2.73. The maximum atomic E-state index is 12.4.